The van der Waals surface area contributed by atoms with Gasteiger partial charge in [-0.05, 0) is 26.2 Å². The molecule has 0 amide bonds. The number of hydrogen-bond donors (Lipinski definition) is 0. The van der Waals surface area contributed by atoms with Crippen LogP contribution < -0.4 is 0 Å². The SMILES string of the molecule is CC1CC(=O)C(C)([N+]2(C)CCCCC2)C[N+]1(C)C. The molecule has 2 atom stereocenters. The Morgan fingerprint density at radius 2 is 1.67 bits per heavy atom. The van der Waals surface area contributed by atoms with Gasteiger partial charge < -0.3 is 8.97 Å². The molecular weight excluding hydrogens is 224 g/mol. The first kappa shape index (κ1) is 14.0. The maximum Gasteiger partial charge on any atom is 0.204 e. The van der Waals surface area contributed by atoms with Crippen LogP contribution in [0, 0.1) is 0 Å². The molecule has 2 saturated heterocycles. The van der Waals surface area contributed by atoms with Crippen LogP contribution in [0.15, 0.2) is 0 Å². The van der Waals surface area contributed by atoms with E-state index < -0.39 is 0 Å². The third-order valence-corrected chi connectivity index (χ3v) is 5.98. The van der Waals surface area contributed by atoms with E-state index in [2.05, 4.69) is 35.0 Å². The maximum atomic E-state index is 12.7. The second-order valence-corrected chi connectivity index (χ2v) is 7.59. The summed E-state index contributed by atoms with van der Waals surface area (Å²) < 4.78 is 1.95. The van der Waals surface area contributed by atoms with Gasteiger partial charge in [0.25, 0.3) is 0 Å². The average molecular weight is 254 g/mol. The van der Waals surface area contributed by atoms with E-state index in [1.807, 2.05) is 0 Å². The lowest BCUT2D eigenvalue weighted by molar-refractivity contribution is -1.00. The van der Waals surface area contributed by atoms with Gasteiger partial charge in [-0.2, -0.15) is 0 Å². The number of hydrogen-bond acceptors (Lipinski definition) is 1. The monoisotopic (exact) mass is 254 g/mol. The Labute approximate surface area is 112 Å². The van der Waals surface area contributed by atoms with Crippen molar-refractivity contribution in [3.8, 4) is 0 Å². The molecule has 0 bridgehead atoms. The molecule has 0 aromatic carbocycles. The van der Waals surface area contributed by atoms with Crippen molar-refractivity contribution in [3.63, 3.8) is 0 Å². The molecule has 0 radical (unpaired) electrons. The van der Waals surface area contributed by atoms with Crippen molar-refractivity contribution < 1.29 is 13.8 Å². The lowest BCUT2D eigenvalue weighted by atomic mass is 9.80. The van der Waals surface area contributed by atoms with Crippen molar-refractivity contribution >= 4 is 5.78 Å². The first-order valence-electron chi connectivity index (χ1n) is 7.42. The van der Waals surface area contributed by atoms with Crippen molar-refractivity contribution in [2.24, 2.45) is 0 Å². The minimum absolute atomic E-state index is 0.170. The van der Waals surface area contributed by atoms with E-state index in [9.17, 15) is 4.79 Å². The van der Waals surface area contributed by atoms with Crippen molar-refractivity contribution in [1.82, 2.24) is 0 Å². The first-order valence-corrected chi connectivity index (χ1v) is 7.42. The van der Waals surface area contributed by atoms with Gasteiger partial charge in [-0.25, -0.2) is 0 Å². The van der Waals surface area contributed by atoms with E-state index in [4.69, 9.17) is 0 Å². The molecule has 0 aromatic rings. The van der Waals surface area contributed by atoms with E-state index in [1.165, 1.54) is 32.4 Å². The van der Waals surface area contributed by atoms with Crippen LogP contribution in [-0.4, -0.2) is 67.1 Å². The van der Waals surface area contributed by atoms with Crippen LogP contribution in [0.1, 0.15) is 39.5 Å². The molecule has 2 aliphatic rings. The fourth-order valence-corrected chi connectivity index (χ4v) is 3.95. The Balaban J connectivity index is 2.31. The molecule has 0 spiro atoms. The van der Waals surface area contributed by atoms with E-state index in [1.54, 1.807) is 0 Å². The van der Waals surface area contributed by atoms with E-state index >= 15 is 0 Å². The Kier molecular flexibility index (Phi) is 3.35. The van der Waals surface area contributed by atoms with Gasteiger partial charge >= 0.3 is 0 Å². The summed E-state index contributed by atoms with van der Waals surface area (Å²) in [5.74, 6) is 0.497. The average Bonchev–Trinajstić information content (AvgIpc) is 2.27. The number of likely N-dealkylation sites (N-methyl/N-ethyl adjacent to an activating group) is 2. The molecule has 3 heteroatoms. The van der Waals surface area contributed by atoms with Crippen molar-refractivity contribution in [2.75, 3.05) is 40.8 Å². The van der Waals surface area contributed by atoms with Gasteiger partial charge in [-0.1, -0.05) is 0 Å². The summed E-state index contributed by atoms with van der Waals surface area (Å²) in [5, 5.41) is 0. The lowest BCUT2D eigenvalue weighted by Gasteiger charge is -2.55. The summed E-state index contributed by atoms with van der Waals surface area (Å²) in [6.07, 6.45) is 4.65. The predicted molar refractivity (Wildman–Crippen MR) is 74.2 cm³/mol. The second kappa shape index (κ2) is 4.31. The summed E-state index contributed by atoms with van der Waals surface area (Å²) in [4.78, 5) is 12.7. The Hall–Kier alpha value is -0.410. The van der Waals surface area contributed by atoms with Crippen LogP contribution in [0.5, 0.6) is 0 Å². The van der Waals surface area contributed by atoms with Crippen LogP contribution in [0.2, 0.25) is 0 Å². The van der Waals surface area contributed by atoms with E-state index in [0.717, 1.165) is 21.9 Å². The second-order valence-electron chi connectivity index (χ2n) is 7.59. The van der Waals surface area contributed by atoms with Crippen molar-refractivity contribution in [2.45, 2.75) is 51.1 Å². The highest BCUT2D eigenvalue weighted by Crippen LogP contribution is 2.36. The zero-order valence-corrected chi connectivity index (χ0v) is 12.8. The zero-order valence-electron chi connectivity index (χ0n) is 12.8. The molecule has 2 heterocycles. The van der Waals surface area contributed by atoms with Crippen molar-refractivity contribution in [1.29, 1.82) is 0 Å². The molecule has 3 nitrogen and oxygen atoms in total. The number of ketones is 1. The van der Waals surface area contributed by atoms with Gasteiger partial charge in [0.05, 0.1) is 46.7 Å². The molecule has 0 aliphatic carbocycles. The van der Waals surface area contributed by atoms with Gasteiger partial charge in [0.1, 0.15) is 6.54 Å². The molecule has 2 rings (SSSR count). The topological polar surface area (TPSA) is 17.1 Å². The molecule has 104 valence electrons. The molecule has 2 fully saturated rings. The molecule has 0 aromatic heterocycles. The number of piperidine rings is 2. The molecule has 0 saturated carbocycles. The zero-order chi connectivity index (χ0) is 13.6. The fraction of sp³-hybridized carbons (Fsp3) is 0.933. The van der Waals surface area contributed by atoms with Crippen LogP contribution in [0.4, 0.5) is 0 Å². The lowest BCUT2D eigenvalue weighted by Crippen LogP contribution is -2.75. The smallest absolute Gasteiger partial charge is 0.204 e. The highest BCUT2D eigenvalue weighted by molar-refractivity contribution is 5.88. The van der Waals surface area contributed by atoms with Crippen LogP contribution in [-0.2, 0) is 4.79 Å². The minimum Gasteiger partial charge on any atom is -0.320 e. The molecular formula is C15H30N2O+2. The standard InChI is InChI=1S/C15H30N2O/c1-13-11-14(18)15(2,12-16(13,3)4)17(5)9-7-6-8-10-17/h13H,6-12H2,1-5H3/q+2. The first-order chi connectivity index (χ1) is 8.21. The Morgan fingerprint density at radius 3 is 2.22 bits per heavy atom. The van der Waals surface area contributed by atoms with Crippen LogP contribution >= 0.6 is 0 Å². The fourth-order valence-electron chi connectivity index (χ4n) is 3.95. The third-order valence-electron chi connectivity index (χ3n) is 5.98. The minimum atomic E-state index is -0.170. The highest BCUT2D eigenvalue weighted by atomic mass is 16.1. The van der Waals surface area contributed by atoms with Crippen LogP contribution in [0.25, 0.3) is 0 Å². The third kappa shape index (κ3) is 2.01. The normalized spacial score (nSPS) is 39.6. The van der Waals surface area contributed by atoms with Gasteiger partial charge in [-0.15, -0.1) is 0 Å². The van der Waals surface area contributed by atoms with Crippen LogP contribution in [0.3, 0.4) is 0 Å². The maximum absolute atomic E-state index is 12.7. The Morgan fingerprint density at radius 1 is 1.11 bits per heavy atom. The summed E-state index contributed by atoms with van der Waals surface area (Å²) in [7, 11) is 6.88. The molecule has 0 N–H and O–H groups in total. The number of likely N-dealkylation sites (tertiary alicyclic amines) is 2. The molecule has 2 unspecified atom stereocenters. The number of rotatable bonds is 1. The summed E-state index contributed by atoms with van der Waals surface area (Å²) in [5.41, 5.74) is -0.170. The number of carbonyl (C=O) groups is 1. The molecule has 18 heavy (non-hydrogen) atoms. The number of carbonyl (C=O) groups excluding carboxylic acids is 1. The highest BCUT2D eigenvalue weighted by Gasteiger charge is 2.58. The van der Waals surface area contributed by atoms with Crippen molar-refractivity contribution in [3.05, 3.63) is 0 Å². The largest absolute Gasteiger partial charge is 0.320 e. The Bertz CT molecular complexity index is 344. The summed E-state index contributed by atoms with van der Waals surface area (Å²) >= 11 is 0. The van der Waals surface area contributed by atoms with E-state index in [-0.39, 0.29) is 5.54 Å². The molecule has 2 aliphatic heterocycles. The van der Waals surface area contributed by atoms with E-state index in [0.29, 0.717) is 11.8 Å². The predicted octanol–water partition coefficient (Wildman–Crippen LogP) is 1.81. The number of Topliss-reactive ketones (excluding diaryl/α,β-unsaturated/α-hetero) is 1. The summed E-state index contributed by atoms with van der Waals surface area (Å²) in [6, 6.07) is 0.460. The quantitative estimate of drug-likeness (QED) is 0.652. The van der Waals surface area contributed by atoms with Gasteiger partial charge in [0, 0.05) is 6.92 Å². The van der Waals surface area contributed by atoms with Gasteiger partial charge in [0.2, 0.25) is 11.3 Å². The summed E-state index contributed by atoms with van der Waals surface area (Å²) in [6.45, 7) is 7.79. The number of quaternary nitrogens is 2. The van der Waals surface area contributed by atoms with Gasteiger partial charge in [0.15, 0.2) is 0 Å². The van der Waals surface area contributed by atoms with Gasteiger partial charge in [-0.3, -0.25) is 4.79 Å². The number of nitrogens with zero attached hydrogens (tertiary/aromatic N) is 2.